The molecule has 0 saturated carbocycles. The number of amides is 4. The molecule has 1 aromatic rings. The molecule has 0 saturated heterocycles. The van der Waals surface area contributed by atoms with Crippen LogP contribution in [0.1, 0.15) is 38.3 Å². The number of carbonyl (C=O) groups is 5. The first-order valence-corrected chi connectivity index (χ1v) is 11.1. The van der Waals surface area contributed by atoms with Gasteiger partial charge in [0.25, 0.3) is 0 Å². The van der Waals surface area contributed by atoms with Gasteiger partial charge in [-0.15, -0.1) is 0 Å². The predicted octanol–water partition coefficient (Wildman–Crippen LogP) is -3.84. The highest BCUT2D eigenvalue weighted by atomic mass is 16.4. The second-order valence-electron chi connectivity index (χ2n) is 8.03. The fourth-order valence-corrected chi connectivity index (χ4v) is 3.00. The molecule has 36 heavy (non-hydrogen) atoms. The number of hydrogen-bond acceptors (Lipinski definition) is 8. The Labute approximate surface area is 207 Å². The van der Waals surface area contributed by atoms with Crippen molar-refractivity contribution in [2.75, 3.05) is 6.54 Å². The first kappa shape index (κ1) is 29.8. The maximum absolute atomic E-state index is 12.9. The van der Waals surface area contributed by atoms with Gasteiger partial charge in [-0.05, 0) is 26.2 Å². The fraction of sp³-hybridized carbons (Fsp3) is 0.550. The van der Waals surface area contributed by atoms with Crippen LogP contribution in [0.5, 0.6) is 0 Å². The molecule has 0 spiro atoms. The van der Waals surface area contributed by atoms with Gasteiger partial charge < -0.3 is 49.0 Å². The first-order valence-electron chi connectivity index (χ1n) is 11.1. The lowest BCUT2D eigenvalue weighted by atomic mass is 10.1. The van der Waals surface area contributed by atoms with Crippen molar-refractivity contribution in [3.63, 3.8) is 0 Å². The summed E-state index contributed by atoms with van der Waals surface area (Å²) in [6.45, 7) is 1.53. The van der Waals surface area contributed by atoms with Gasteiger partial charge in [-0.3, -0.25) is 24.2 Å². The Morgan fingerprint density at radius 3 is 2.25 bits per heavy atom. The summed E-state index contributed by atoms with van der Waals surface area (Å²) in [5.74, 6) is -4.33. The molecule has 13 N–H and O–H groups in total. The SMILES string of the molecule is CC(NC(=O)C(CCCN=C(N)N)NC(=O)C(N)Cc1cnc[nH]1)C(=O)NC(CCC(N)=O)C(=O)O. The van der Waals surface area contributed by atoms with Gasteiger partial charge in [0.05, 0.1) is 12.4 Å². The van der Waals surface area contributed by atoms with E-state index < -0.39 is 53.8 Å². The van der Waals surface area contributed by atoms with Gasteiger partial charge in [-0.1, -0.05) is 0 Å². The maximum Gasteiger partial charge on any atom is 0.326 e. The summed E-state index contributed by atoms with van der Waals surface area (Å²) in [7, 11) is 0. The standard InChI is InChI=1S/C20H34N10O6/c1-10(16(32)30-14(19(35)36)4-5-15(22)31)28-18(34)13(3-2-6-26-20(23)24)29-17(33)12(21)7-11-8-25-9-27-11/h8-10,12-14H,2-7,21H2,1H3,(H2,22,31)(H,25,27)(H,28,34)(H,29,33)(H,30,32)(H,35,36)(H4,23,24,26). The number of nitrogens with zero attached hydrogens (tertiary/aromatic N) is 2. The Morgan fingerprint density at radius 1 is 1.03 bits per heavy atom. The van der Waals surface area contributed by atoms with E-state index in [0.29, 0.717) is 12.1 Å². The Hall–Kier alpha value is -4.21. The molecule has 16 heteroatoms. The molecule has 4 unspecified atom stereocenters. The first-order chi connectivity index (χ1) is 16.9. The van der Waals surface area contributed by atoms with Crippen molar-refractivity contribution >= 4 is 35.6 Å². The molecule has 4 amide bonds. The van der Waals surface area contributed by atoms with Gasteiger partial charge in [0, 0.05) is 31.3 Å². The molecule has 1 heterocycles. The molecule has 0 fully saturated rings. The van der Waals surface area contributed by atoms with E-state index in [1.165, 1.54) is 19.4 Å². The third-order valence-corrected chi connectivity index (χ3v) is 4.96. The number of aliphatic imine (C=N–C) groups is 1. The van der Waals surface area contributed by atoms with E-state index in [1.807, 2.05) is 0 Å². The molecule has 0 aliphatic carbocycles. The van der Waals surface area contributed by atoms with Crippen molar-refractivity contribution in [1.29, 1.82) is 0 Å². The quantitative estimate of drug-likeness (QED) is 0.0592. The molecule has 0 radical (unpaired) electrons. The lowest BCUT2D eigenvalue weighted by Crippen LogP contribution is -2.56. The van der Waals surface area contributed by atoms with Gasteiger partial charge in [-0.2, -0.15) is 0 Å². The van der Waals surface area contributed by atoms with Crippen LogP contribution in [-0.4, -0.2) is 81.3 Å². The number of guanidine groups is 1. The summed E-state index contributed by atoms with van der Waals surface area (Å²) in [5.41, 5.74) is 22.2. The average Bonchev–Trinajstić information content (AvgIpc) is 3.30. The summed E-state index contributed by atoms with van der Waals surface area (Å²) in [5, 5.41) is 16.5. The van der Waals surface area contributed by atoms with Crippen LogP contribution in [-0.2, 0) is 30.4 Å². The second-order valence-corrected chi connectivity index (χ2v) is 8.03. The van der Waals surface area contributed by atoms with Crippen LogP contribution in [0.2, 0.25) is 0 Å². The van der Waals surface area contributed by atoms with E-state index >= 15 is 0 Å². The number of nitrogens with one attached hydrogen (secondary N) is 4. The zero-order chi connectivity index (χ0) is 27.3. The molecule has 1 aromatic heterocycles. The third-order valence-electron chi connectivity index (χ3n) is 4.96. The van der Waals surface area contributed by atoms with Gasteiger partial charge in [0.1, 0.15) is 18.1 Å². The van der Waals surface area contributed by atoms with Crippen molar-refractivity contribution < 1.29 is 29.1 Å². The highest BCUT2D eigenvalue weighted by molar-refractivity contribution is 5.94. The number of H-pyrrole nitrogens is 1. The van der Waals surface area contributed by atoms with Gasteiger partial charge in [0.15, 0.2) is 5.96 Å². The van der Waals surface area contributed by atoms with Crippen LogP contribution in [0.3, 0.4) is 0 Å². The predicted molar refractivity (Wildman–Crippen MR) is 128 cm³/mol. The molecule has 4 atom stereocenters. The summed E-state index contributed by atoms with van der Waals surface area (Å²) >= 11 is 0. The maximum atomic E-state index is 12.9. The van der Waals surface area contributed by atoms with Crippen LogP contribution in [0.15, 0.2) is 17.5 Å². The van der Waals surface area contributed by atoms with E-state index in [1.54, 1.807) is 0 Å². The molecule has 1 rings (SSSR count). The number of aromatic amines is 1. The van der Waals surface area contributed by atoms with E-state index in [0.717, 1.165) is 0 Å². The second kappa shape index (κ2) is 14.9. The molecule has 16 nitrogen and oxygen atoms in total. The van der Waals surface area contributed by atoms with Crippen molar-refractivity contribution in [3.05, 3.63) is 18.2 Å². The summed E-state index contributed by atoms with van der Waals surface area (Å²) in [6, 6.07) is -4.61. The number of aromatic nitrogens is 2. The number of carboxylic acid groups (broad SMARTS) is 1. The van der Waals surface area contributed by atoms with Crippen molar-refractivity contribution in [2.24, 2.45) is 27.9 Å². The van der Waals surface area contributed by atoms with E-state index in [-0.39, 0.29) is 38.2 Å². The molecular formula is C20H34N10O6. The molecule has 0 bridgehead atoms. The van der Waals surface area contributed by atoms with Crippen LogP contribution in [0, 0.1) is 0 Å². The topological polar surface area (TPSA) is 287 Å². The number of imidazole rings is 1. The van der Waals surface area contributed by atoms with Gasteiger partial charge >= 0.3 is 5.97 Å². The lowest BCUT2D eigenvalue weighted by Gasteiger charge is -2.23. The van der Waals surface area contributed by atoms with Crippen molar-refractivity contribution in [2.45, 2.75) is 63.2 Å². The minimum Gasteiger partial charge on any atom is -0.480 e. The normalized spacial score (nSPS) is 13.9. The Balaban J connectivity index is 2.80. The highest BCUT2D eigenvalue weighted by Gasteiger charge is 2.28. The van der Waals surface area contributed by atoms with Crippen LogP contribution < -0.4 is 38.9 Å². The number of carbonyl (C=O) groups excluding carboxylic acids is 4. The number of hydrogen-bond donors (Lipinski definition) is 9. The number of rotatable bonds is 16. The van der Waals surface area contributed by atoms with Crippen molar-refractivity contribution in [3.8, 4) is 0 Å². The number of aliphatic carboxylic acids is 1. The summed E-state index contributed by atoms with van der Waals surface area (Å²) in [6.07, 6.45) is 3.08. The number of nitrogens with two attached hydrogens (primary N) is 4. The van der Waals surface area contributed by atoms with Crippen LogP contribution in [0.25, 0.3) is 0 Å². The molecular weight excluding hydrogens is 476 g/mol. The summed E-state index contributed by atoms with van der Waals surface area (Å²) < 4.78 is 0. The largest absolute Gasteiger partial charge is 0.480 e. The molecule has 0 aliphatic rings. The molecule has 0 aliphatic heterocycles. The fourth-order valence-electron chi connectivity index (χ4n) is 3.00. The zero-order valence-electron chi connectivity index (χ0n) is 19.9. The number of carboxylic acids is 1. The highest BCUT2D eigenvalue weighted by Crippen LogP contribution is 2.04. The van der Waals surface area contributed by atoms with Gasteiger partial charge in [-0.25, -0.2) is 9.78 Å². The van der Waals surface area contributed by atoms with E-state index in [9.17, 15) is 29.1 Å². The van der Waals surface area contributed by atoms with Gasteiger partial charge in [0.2, 0.25) is 23.6 Å². The Morgan fingerprint density at radius 2 is 1.69 bits per heavy atom. The minimum absolute atomic E-state index is 0.121. The molecule has 0 aromatic carbocycles. The Bertz CT molecular complexity index is 931. The third kappa shape index (κ3) is 11.3. The monoisotopic (exact) mass is 510 g/mol. The van der Waals surface area contributed by atoms with E-state index in [4.69, 9.17) is 22.9 Å². The lowest BCUT2D eigenvalue weighted by molar-refractivity contribution is -0.142. The summed E-state index contributed by atoms with van der Waals surface area (Å²) in [4.78, 5) is 70.7. The van der Waals surface area contributed by atoms with Crippen molar-refractivity contribution in [1.82, 2.24) is 25.9 Å². The number of primary amides is 1. The van der Waals surface area contributed by atoms with E-state index in [2.05, 4.69) is 30.9 Å². The average molecular weight is 511 g/mol. The minimum atomic E-state index is -1.38. The molecule has 200 valence electrons. The van der Waals surface area contributed by atoms with Crippen LogP contribution in [0.4, 0.5) is 0 Å². The zero-order valence-corrected chi connectivity index (χ0v) is 19.9. The van der Waals surface area contributed by atoms with Crippen LogP contribution >= 0.6 is 0 Å². The Kier molecular flexibility index (Phi) is 12.4. The smallest absolute Gasteiger partial charge is 0.326 e.